The Kier molecular flexibility index (Phi) is 7.52. The van der Waals surface area contributed by atoms with Gasteiger partial charge in [-0.2, -0.15) is 0 Å². The molecule has 0 aliphatic heterocycles. The Morgan fingerprint density at radius 2 is 1.67 bits per heavy atom. The summed E-state index contributed by atoms with van der Waals surface area (Å²) in [5.74, 6) is 1.20. The second-order valence-electron chi connectivity index (χ2n) is 10.9. The third-order valence-electron chi connectivity index (χ3n) is 8.13. The van der Waals surface area contributed by atoms with Crippen LogP contribution in [0.4, 0.5) is 0 Å². The van der Waals surface area contributed by atoms with Crippen LogP contribution >= 0.6 is 0 Å². The van der Waals surface area contributed by atoms with E-state index in [1.54, 1.807) is 6.92 Å². The largest absolute Gasteiger partial charge is 0.485 e. The fourth-order valence-corrected chi connectivity index (χ4v) is 5.35. The van der Waals surface area contributed by atoms with Crippen molar-refractivity contribution in [3.05, 3.63) is 100 Å². The molecule has 1 aromatic heterocycles. The van der Waals surface area contributed by atoms with Gasteiger partial charge in [0.15, 0.2) is 6.29 Å². The average Bonchev–Trinajstić information content (AvgIpc) is 3.75. The number of ether oxygens (including phenoxy) is 1. The molecule has 1 unspecified atom stereocenters. The summed E-state index contributed by atoms with van der Waals surface area (Å²) in [6.07, 6.45) is 0.272. The molecule has 0 saturated heterocycles. The van der Waals surface area contributed by atoms with Crippen molar-refractivity contribution in [2.75, 3.05) is 0 Å². The van der Waals surface area contributed by atoms with Crippen LogP contribution in [0.25, 0.3) is 10.9 Å². The summed E-state index contributed by atoms with van der Waals surface area (Å²) in [6, 6.07) is 22.2. The van der Waals surface area contributed by atoms with Crippen molar-refractivity contribution in [2.45, 2.75) is 77.9 Å². The van der Waals surface area contributed by atoms with Crippen LogP contribution in [-0.4, -0.2) is 33.1 Å². The molecule has 1 fully saturated rings. The number of hydrogen-bond donors (Lipinski definition) is 3. The molecule has 39 heavy (non-hydrogen) atoms. The van der Waals surface area contributed by atoms with Crippen molar-refractivity contribution in [1.29, 1.82) is 0 Å². The van der Waals surface area contributed by atoms with Crippen LogP contribution in [0.15, 0.2) is 66.7 Å². The molecule has 0 spiro atoms. The lowest BCUT2D eigenvalue weighted by molar-refractivity contribution is -0.105. The lowest BCUT2D eigenvalue weighted by Crippen LogP contribution is -2.27. The molecule has 4 aromatic rings. The second-order valence-corrected chi connectivity index (χ2v) is 10.9. The summed E-state index contributed by atoms with van der Waals surface area (Å²) in [5.41, 5.74) is 7.65. The van der Waals surface area contributed by atoms with E-state index < -0.39 is 12.4 Å². The molecule has 1 heterocycles. The van der Waals surface area contributed by atoms with Gasteiger partial charge in [0.05, 0.1) is 12.1 Å². The Labute approximate surface area is 230 Å². The van der Waals surface area contributed by atoms with Crippen LogP contribution in [0.1, 0.15) is 89.9 Å². The topological polar surface area (TPSA) is 83.7 Å². The summed E-state index contributed by atoms with van der Waals surface area (Å²) >= 11 is 0. The molecule has 1 aliphatic rings. The van der Waals surface area contributed by atoms with E-state index in [9.17, 15) is 15.0 Å². The lowest BCUT2D eigenvalue weighted by atomic mass is 10.0. The number of aliphatic hydroxyl groups excluding tert-OH is 1. The molecule has 3 aromatic carbocycles. The molecule has 1 aliphatic carbocycles. The first-order chi connectivity index (χ1) is 18.6. The molecule has 1 saturated carbocycles. The number of aryl methyl sites for hydroxylation is 1. The Hall–Kier alpha value is -3.61. The molecule has 1 amide bonds. The van der Waals surface area contributed by atoms with Gasteiger partial charge in [0, 0.05) is 22.2 Å². The highest BCUT2D eigenvalue weighted by molar-refractivity contribution is 5.99. The maximum absolute atomic E-state index is 13.3. The van der Waals surface area contributed by atoms with Crippen molar-refractivity contribution in [1.82, 2.24) is 9.88 Å². The minimum atomic E-state index is -1.53. The summed E-state index contributed by atoms with van der Waals surface area (Å²) in [6.45, 7) is 10.0. The van der Waals surface area contributed by atoms with Gasteiger partial charge in [-0.1, -0.05) is 36.4 Å². The van der Waals surface area contributed by atoms with Gasteiger partial charge in [-0.3, -0.25) is 4.79 Å². The third kappa shape index (κ3) is 5.58. The Morgan fingerprint density at radius 1 is 0.949 bits per heavy atom. The lowest BCUT2D eigenvalue weighted by Gasteiger charge is -2.20. The number of fused-ring (bicyclic) bond motifs is 1. The van der Waals surface area contributed by atoms with E-state index in [0.29, 0.717) is 17.2 Å². The van der Waals surface area contributed by atoms with Crippen molar-refractivity contribution >= 4 is 16.8 Å². The van der Waals surface area contributed by atoms with Crippen molar-refractivity contribution in [3.8, 4) is 5.75 Å². The van der Waals surface area contributed by atoms with Gasteiger partial charge in [-0.25, -0.2) is 0 Å². The number of carbonyl (C=O) groups excluding carboxylic acids is 1. The zero-order chi connectivity index (χ0) is 27.8. The fourth-order valence-electron chi connectivity index (χ4n) is 5.35. The van der Waals surface area contributed by atoms with Crippen molar-refractivity contribution < 1.29 is 19.7 Å². The van der Waals surface area contributed by atoms with E-state index in [4.69, 9.17) is 4.74 Å². The number of amides is 1. The molecule has 0 radical (unpaired) electrons. The van der Waals surface area contributed by atoms with Crippen LogP contribution in [0, 0.1) is 13.8 Å². The molecule has 3 atom stereocenters. The minimum absolute atomic E-state index is 0.0505. The molecule has 5 rings (SSSR count). The van der Waals surface area contributed by atoms with Gasteiger partial charge in [-0.15, -0.1) is 0 Å². The molecular formula is C33H38N2O4. The summed E-state index contributed by atoms with van der Waals surface area (Å²) in [7, 11) is 0. The quantitative estimate of drug-likeness (QED) is 0.223. The van der Waals surface area contributed by atoms with Gasteiger partial charge in [0.2, 0.25) is 0 Å². The highest BCUT2D eigenvalue weighted by atomic mass is 16.6. The van der Waals surface area contributed by atoms with Crippen LogP contribution in [0.2, 0.25) is 0 Å². The number of aliphatic hydroxyl groups is 2. The minimum Gasteiger partial charge on any atom is -0.485 e. The SMILES string of the molecule is Cc1c(C)n(C(C)c2ccc(O[C@@H](C)C(O)O)cc2)c2ccc(C(=O)N[C@@H](C)c3cccc(C4CC4)c3)cc12. The van der Waals surface area contributed by atoms with E-state index in [0.717, 1.165) is 33.3 Å². The van der Waals surface area contributed by atoms with E-state index in [1.165, 1.54) is 18.4 Å². The van der Waals surface area contributed by atoms with E-state index in [-0.39, 0.29) is 18.0 Å². The van der Waals surface area contributed by atoms with Gasteiger partial charge >= 0.3 is 0 Å². The van der Waals surface area contributed by atoms with Crippen LogP contribution in [-0.2, 0) is 0 Å². The molecule has 6 nitrogen and oxygen atoms in total. The summed E-state index contributed by atoms with van der Waals surface area (Å²) in [4.78, 5) is 13.3. The first-order valence-electron chi connectivity index (χ1n) is 13.8. The number of hydrogen-bond acceptors (Lipinski definition) is 4. The van der Waals surface area contributed by atoms with Crippen LogP contribution in [0.5, 0.6) is 5.75 Å². The van der Waals surface area contributed by atoms with Crippen molar-refractivity contribution in [3.63, 3.8) is 0 Å². The Bertz CT molecular complexity index is 1480. The number of nitrogens with zero attached hydrogens (tertiary/aromatic N) is 1. The zero-order valence-electron chi connectivity index (χ0n) is 23.3. The van der Waals surface area contributed by atoms with E-state index in [2.05, 4.69) is 54.9 Å². The van der Waals surface area contributed by atoms with Crippen molar-refractivity contribution in [2.24, 2.45) is 0 Å². The monoisotopic (exact) mass is 526 g/mol. The number of carbonyl (C=O) groups is 1. The maximum atomic E-state index is 13.3. The van der Waals surface area contributed by atoms with Crippen LogP contribution in [0.3, 0.4) is 0 Å². The summed E-state index contributed by atoms with van der Waals surface area (Å²) in [5, 5.41) is 22.8. The highest BCUT2D eigenvalue weighted by Crippen LogP contribution is 2.40. The second kappa shape index (κ2) is 10.9. The zero-order valence-corrected chi connectivity index (χ0v) is 23.3. The predicted octanol–water partition coefficient (Wildman–Crippen LogP) is 6.31. The molecule has 204 valence electrons. The van der Waals surface area contributed by atoms with E-state index >= 15 is 0 Å². The fraction of sp³-hybridized carbons (Fsp3) is 0.364. The number of aromatic nitrogens is 1. The molecular weight excluding hydrogens is 488 g/mol. The van der Waals surface area contributed by atoms with Gasteiger partial charge in [0.1, 0.15) is 11.9 Å². The Balaban J connectivity index is 1.36. The normalized spacial score (nSPS) is 15.8. The van der Waals surface area contributed by atoms with Gasteiger partial charge in [0.25, 0.3) is 5.91 Å². The molecule has 3 N–H and O–H groups in total. The third-order valence-corrected chi connectivity index (χ3v) is 8.13. The standard InChI is InChI=1S/C33H38N2O4/c1-19-21(3)35(22(4)24-11-14-29(15-12-24)39-23(5)33(37)38)31-16-13-28(18-30(19)31)32(36)34-20(2)26-7-6-8-27(17-26)25-9-10-25/h6-8,11-18,20,22-23,25,33,37-38H,9-10H2,1-5H3,(H,34,36)/t20-,22?,23-/m0/s1. The predicted molar refractivity (Wildman–Crippen MR) is 154 cm³/mol. The number of benzene rings is 3. The first kappa shape index (κ1) is 27.0. The number of nitrogens with one attached hydrogen (secondary N) is 1. The highest BCUT2D eigenvalue weighted by Gasteiger charge is 2.24. The Morgan fingerprint density at radius 3 is 2.33 bits per heavy atom. The number of rotatable bonds is 9. The molecule has 6 heteroatoms. The first-order valence-corrected chi connectivity index (χ1v) is 13.8. The molecule has 0 bridgehead atoms. The summed E-state index contributed by atoms with van der Waals surface area (Å²) < 4.78 is 7.88. The van der Waals surface area contributed by atoms with E-state index in [1.807, 2.05) is 49.4 Å². The average molecular weight is 527 g/mol. The van der Waals surface area contributed by atoms with Gasteiger partial charge in [-0.05, 0) is 106 Å². The maximum Gasteiger partial charge on any atom is 0.251 e. The van der Waals surface area contributed by atoms with Crippen LogP contribution < -0.4 is 10.1 Å². The van der Waals surface area contributed by atoms with Gasteiger partial charge < -0.3 is 24.8 Å². The smallest absolute Gasteiger partial charge is 0.251 e.